The first-order chi connectivity index (χ1) is 11.0. The molecular formula is C15H19FN2O4S. The van der Waals surface area contributed by atoms with Gasteiger partial charge >= 0.3 is 6.03 Å². The van der Waals surface area contributed by atoms with E-state index in [9.17, 15) is 17.6 Å². The minimum absolute atomic E-state index is 0.101. The summed E-state index contributed by atoms with van der Waals surface area (Å²) in [5.41, 5.74) is 0. The number of hydrogen-bond acceptors (Lipinski definition) is 4. The van der Waals surface area contributed by atoms with Crippen LogP contribution in [0.3, 0.4) is 0 Å². The fourth-order valence-corrected chi connectivity index (χ4v) is 4.62. The largest absolute Gasteiger partial charge is 0.378 e. The minimum Gasteiger partial charge on any atom is -0.378 e. The molecule has 3 rings (SSSR count). The predicted octanol–water partition coefficient (Wildman–Crippen LogP) is 1.13. The van der Waals surface area contributed by atoms with Crippen LogP contribution in [0.25, 0.3) is 0 Å². The van der Waals surface area contributed by atoms with Gasteiger partial charge < -0.3 is 14.5 Å². The Balaban J connectivity index is 1.69. The molecule has 0 N–H and O–H groups in total. The van der Waals surface area contributed by atoms with Crippen LogP contribution in [-0.4, -0.2) is 68.9 Å². The molecule has 0 aromatic heterocycles. The van der Waals surface area contributed by atoms with E-state index in [-0.39, 0.29) is 17.5 Å². The van der Waals surface area contributed by atoms with Gasteiger partial charge in [0.2, 0.25) is 0 Å². The molecule has 1 atom stereocenters. The number of benzene rings is 1. The highest BCUT2D eigenvalue weighted by Crippen LogP contribution is 2.25. The van der Waals surface area contributed by atoms with Crippen LogP contribution in [0.5, 0.6) is 0 Å². The lowest BCUT2D eigenvalue weighted by Gasteiger charge is -2.30. The van der Waals surface area contributed by atoms with Gasteiger partial charge in [0.15, 0.2) is 9.84 Å². The summed E-state index contributed by atoms with van der Waals surface area (Å²) >= 11 is 0. The maximum absolute atomic E-state index is 13.0. The summed E-state index contributed by atoms with van der Waals surface area (Å²) in [7, 11) is -3.56. The highest BCUT2D eigenvalue weighted by atomic mass is 32.2. The second-order valence-corrected chi connectivity index (χ2v) is 7.97. The van der Waals surface area contributed by atoms with Crippen molar-refractivity contribution in [1.29, 1.82) is 0 Å². The van der Waals surface area contributed by atoms with Gasteiger partial charge in [0.25, 0.3) is 0 Å². The highest BCUT2D eigenvalue weighted by molar-refractivity contribution is 7.92. The molecule has 2 aliphatic heterocycles. The van der Waals surface area contributed by atoms with Crippen LogP contribution < -0.4 is 0 Å². The molecule has 1 unspecified atom stereocenters. The normalized spacial score (nSPS) is 22.4. The lowest BCUT2D eigenvalue weighted by molar-refractivity contribution is 0.0452. The second kappa shape index (κ2) is 6.45. The topological polar surface area (TPSA) is 66.9 Å². The molecule has 126 valence electrons. The van der Waals surface area contributed by atoms with Crippen LogP contribution in [0.4, 0.5) is 9.18 Å². The van der Waals surface area contributed by atoms with Crippen LogP contribution in [0.15, 0.2) is 29.2 Å². The third-order valence-electron chi connectivity index (χ3n) is 4.28. The molecule has 1 aromatic rings. The zero-order valence-corrected chi connectivity index (χ0v) is 13.5. The first-order valence-electron chi connectivity index (χ1n) is 7.59. The van der Waals surface area contributed by atoms with E-state index in [0.717, 1.165) is 12.1 Å². The molecule has 0 bridgehead atoms. The Hall–Kier alpha value is -1.67. The van der Waals surface area contributed by atoms with E-state index in [1.807, 2.05) is 0 Å². The van der Waals surface area contributed by atoms with Crippen LogP contribution in [0, 0.1) is 5.82 Å². The van der Waals surface area contributed by atoms with Gasteiger partial charge in [0.1, 0.15) is 5.82 Å². The summed E-state index contributed by atoms with van der Waals surface area (Å²) in [5.74, 6) is -0.473. The maximum atomic E-state index is 13.0. The Morgan fingerprint density at radius 2 is 1.74 bits per heavy atom. The van der Waals surface area contributed by atoms with Crippen LogP contribution in [-0.2, 0) is 14.6 Å². The summed E-state index contributed by atoms with van der Waals surface area (Å²) in [6, 6.07) is 4.69. The molecule has 2 aliphatic rings. The zero-order valence-electron chi connectivity index (χ0n) is 12.7. The number of nitrogens with zero attached hydrogens (tertiary/aromatic N) is 2. The van der Waals surface area contributed by atoms with Crippen LogP contribution >= 0.6 is 0 Å². The van der Waals surface area contributed by atoms with Gasteiger partial charge in [-0.05, 0) is 30.7 Å². The number of likely N-dealkylation sites (tertiary alicyclic amines) is 1. The van der Waals surface area contributed by atoms with Gasteiger partial charge in [0, 0.05) is 26.2 Å². The van der Waals surface area contributed by atoms with E-state index in [2.05, 4.69) is 0 Å². The number of carbonyl (C=O) groups excluding carboxylic acids is 1. The number of carbonyl (C=O) groups is 1. The monoisotopic (exact) mass is 342 g/mol. The van der Waals surface area contributed by atoms with Gasteiger partial charge in [0.05, 0.1) is 23.4 Å². The van der Waals surface area contributed by atoms with Gasteiger partial charge in [-0.15, -0.1) is 0 Å². The van der Waals surface area contributed by atoms with E-state index >= 15 is 0 Å². The molecule has 0 saturated carbocycles. The third-order valence-corrected chi connectivity index (χ3v) is 6.47. The SMILES string of the molecule is O=C(N1CCOCC1)N1CCC(S(=O)(=O)c2ccc(F)cc2)C1. The fourth-order valence-electron chi connectivity index (χ4n) is 2.93. The molecule has 0 spiro atoms. The summed E-state index contributed by atoms with van der Waals surface area (Å²) in [6.45, 7) is 2.68. The average molecular weight is 342 g/mol. The smallest absolute Gasteiger partial charge is 0.320 e. The lowest BCUT2D eigenvalue weighted by atomic mass is 10.3. The van der Waals surface area contributed by atoms with Gasteiger partial charge in [-0.25, -0.2) is 17.6 Å². The molecule has 0 aliphatic carbocycles. The van der Waals surface area contributed by atoms with Gasteiger partial charge in [-0.1, -0.05) is 0 Å². The molecule has 23 heavy (non-hydrogen) atoms. The summed E-state index contributed by atoms with van der Waals surface area (Å²) < 4.78 is 43.4. The van der Waals surface area contributed by atoms with Crippen molar-refractivity contribution in [2.45, 2.75) is 16.6 Å². The van der Waals surface area contributed by atoms with Crippen molar-refractivity contribution in [3.8, 4) is 0 Å². The van der Waals surface area contributed by atoms with Gasteiger partial charge in [-0.3, -0.25) is 0 Å². The Morgan fingerprint density at radius 3 is 2.39 bits per heavy atom. The standard InChI is InChI=1S/C15H19FN2O4S/c16-12-1-3-13(4-2-12)23(20,21)14-5-6-18(11-14)15(19)17-7-9-22-10-8-17/h1-4,14H,5-11H2. The van der Waals surface area contributed by atoms with E-state index in [4.69, 9.17) is 4.74 Å². The Bertz CT molecular complexity index is 671. The molecular weight excluding hydrogens is 323 g/mol. The molecule has 2 heterocycles. The first-order valence-corrected chi connectivity index (χ1v) is 9.14. The number of morpholine rings is 1. The molecule has 2 fully saturated rings. The number of rotatable bonds is 2. The average Bonchev–Trinajstić information content (AvgIpc) is 3.06. The maximum Gasteiger partial charge on any atom is 0.320 e. The quantitative estimate of drug-likeness (QED) is 0.756. The predicted molar refractivity (Wildman–Crippen MR) is 81.4 cm³/mol. The van der Waals surface area contributed by atoms with Crippen molar-refractivity contribution in [3.63, 3.8) is 0 Å². The zero-order chi connectivity index (χ0) is 16.4. The lowest BCUT2D eigenvalue weighted by Crippen LogP contribution is -2.47. The van der Waals surface area contributed by atoms with Crippen molar-refractivity contribution in [1.82, 2.24) is 9.80 Å². The minimum atomic E-state index is -3.56. The number of hydrogen-bond donors (Lipinski definition) is 0. The molecule has 6 nitrogen and oxygen atoms in total. The highest BCUT2D eigenvalue weighted by Gasteiger charge is 2.37. The molecule has 2 amide bonds. The van der Waals surface area contributed by atoms with E-state index in [0.29, 0.717) is 39.3 Å². The van der Waals surface area contributed by atoms with E-state index in [1.54, 1.807) is 9.80 Å². The number of urea groups is 1. The number of sulfone groups is 1. The third kappa shape index (κ3) is 3.32. The van der Waals surface area contributed by atoms with Crippen LogP contribution in [0.2, 0.25) is 0 Å². The van der Waals surface area contributed by atoms with Crippen molar-refractivity contribution in [2.24, 2.45) is 0 Å². The Kier molecular flexibility index (Phi) is 4.54. The van der Waals surface area contributed by atoms with E-state index < -0.39 is 20.9 Å². The molecule has 8 heteroatoms. The second-order valence-electron chi connectivity index (χ2n) is 5.74. The van der Waals surface area contributed by atoms with Crippen molar-refractivity contribution in [2.75, 3.05) is 39.4 Å². The number of ether oxygens (including phenoxy) is 1. The summed E-state index contributed by atoms with van der Waals surface area (Å²) in [5, 5.41) is -0.641. The summed E-state index contributed by atoms with van der Waals surface area (Å²) in [6.07, 6.45) is 0.399. The molecule has 1 aromatic carbocycles. The van der Waals surface area contributed by atoms with Crippen molar-refractivity contribution >= 4 is 15.9 Å². The first kappa shape index (κ1) is 16.2. The number of halogens is 1. The van der Waals surface area contributed by atoms with Crippen LogP contribution in [0.1, 0.15) is 6.42 Å². The Morgan fingerprint density at radius 1 is 1.09 bits per heavy atom. The fraction of sp³-hybridized carbons (Fsp3) is 0.533. The Labute approximate surface area is 134 Å². The van der Waals surface area contributed by atoms with Crippen molar-refractivity contribution in [3.05, 3.63) is 30.1 Å². The molecule has 2 saturated heterocycles. The van der Waals surface area contributed by atoms with Gasteiger partial charge in [-0.2, -0.15) is 0 Å². The van der Waals surface area contributed by atoms with Crippen molar-refractivity contribution < 1.29 is 22.3 Å². The molecule has 0 radical (unpaired) electrons. The number of amides is 2. The summed E-state index contributed by atoms with van der Waals surface area (Å²) in [4.78, 5) is 15.8. The van der Waals surface area contributed by atoms with E-state index in [1.165, 1.54) is 12.1 Å².